The van der Waals surface area contributed by atoms with Gasteiger partial charge in [0, 0.05) is 21.4 Å². The Labute approximate surface area is 232 Å². The zero-order chi connectivity index (χ0) is 27.0. The van der Waals surface area contributed by atoms with E-state index in [2.05, 4.69) is 59.6 Å². The van der Waals surface area contributed by atoms with Crippen molar-refractivity contribution in [2.45, 2.75) is 46.0 Å². The molecule has 3 aromatic rings. The summed E-state index contributed by atoms with van der Waals surface area (Å²) in [7, 11) is 0. The second-order valence-corrected chi connectivity index (χ2v) is 10.9. The van der Waals surface area contributed by atoms with E-state index in [0.29, 0.717) is 34.9 Å². The normalized spacial score (nSPS) is 10.9. The Morgan fingerprint density at radius 2 is 1.59 bits per heavy atom. The lowest BCUT2D eigenvalue weighted by Crippen LogP contribution is -2.34. The zero-order valence-corrected chi connectivity index (χ0v) is 23.9. The maximum Gasteiger partial charge on any atom is 0.261 e. The molecule has 0 fully saturated rings. The summed E-state index contributed by atoms with van der Waals surface area (Å²) in [4.78, 5) is 25.6. The van der Waals surface area contributed by atoms with Crippen LogP contribution in [-0.4, -0.2) is 23.5 Å². The Morgan fingerprint density at radius 1 is 0.919 bits per heavy atom. The van der Waals surface area contributed by atoms with Gasteiger partial charge < -0.3 is 15.4 Å². The van der Waals surface area contributed by atoms with Crippen LogP contribution < -0.4 is 20.7 Å². The highest BCUT2D eigenvalue weighted by atomic mass is 79.9. The number of hydrogen-bond donors (Lipinski definition) is 3. The Hall–Kier alpha value is -3.23. The maximum absolute atomic E-state index is 12.9. The number of thiocarbonyl (C=S) groups is 1. The molecule has 0 bridgehead atoms. The van der Waals surface area contributed by atoms with Crippen LogP contribution in [0.15, 0.2) is 71.2 Å². The van der Waals surface area contributed by atoms with E-state index >= 15 is 0 Å². The third kappa shape index (κ3) is 8.40. The van der Waals surface area contributed by atoms with Crippen molar-refractivity contribution in [1.29, 1.82) is 0 Å². The number of carbonyl (C=O) groups is 2. The highest BCUT2D eigenvalue weighted by Gasteiger charge is 2.16. The molecule has 0 saturated carbocycles. The quantitative estimate of drug-likeness (QED) is 0.192. The van der Waals surface area contributed by atoms with Crippen LogP contribution in [0.3, 0.4) is 0 Å². The molecule has 0 saturated heterocycles. The van der Waals surface area contributed by atoms with Gasteiger partial charge in [-0.15, -0.1) is 0 Å². The van der Waals surface area contributed by atoms with Gasteiger partial charge in [0.15, 0.2) is 5.11 Å². The van der Waals surface area contributed by atoms with Crippen molar-refractivity contribution >= 4 is 56.4 Å². The van der Waals surface area contributed by atoms with Crippen LogP contribution in [0.4, 0.5) is 11.4 Å². The SMILES string of the molecule is CCCCOc1ccc(Br)cc1C(=O)NC(=S)Nc1cccc(NC(=O)c2ccc(C(C)(C)C)cc2)c1. The second-order valence-electron chi connectivity index (χ2n) is 9.61. The smallest absolute Gasteiger partial charge is 0.261 e. The number of amides is 2. The molecule has 0 aromatic heterocycles. The molecule has 0 unspecified atom stereocenters. The van der Waals surface area contributed by atoms with Crippen LogP contribution in [0, 0.1) is 0 Å². The summed E-state index contributed by atoms with van der Waals surface area (Å²) < 4.78 is 6.54. The van der Waals surface area contributed by atoms with Gasteiger partial charge in [0.2, 0.25) is 0 Å². The van der Waals surface area contributed by atoms with Gasteiger partial charge in [-0.05, 0) is 78.1 Å². The summed E-state index contributed by atoms with van der Waals surface area (Å²) in [5.74, 6) is -0.0932. The van der Waals surface area contributed by atoms with E-state index in [4.69, 9.17) is 17.0 Å². The minimum Gasteiger partial charge on any atom is -0.493 e. The van der Waals surface area contributed by atoms with E-state index in [1.165, 1.54) is 0 Å². The van der Waals surface area contributed by atoms with E-state index in [0.717, 1.165) is 22.9 Å². The van der Waals surface area contributed by atoms with Gasteiger partial charge in [-0.2, -0.15) is 0 Å². The topological polar surface area (TPSA) is 79.5 Å². The summed E-state index contributed by atoms with van der Waals surface area (Å²) in [6.45, 7) is 9.00. The molecule has 3 N–H and O–H groups in total. The lowest BCUT2D eigenvalue weighted by Gasteiger charge is -2.19. The van der Waals surface area contributed by atoms with Gasteiger partial charge in [-0.1, -0.05) is 68.2 Å². The van der Waals surface area contributed by atoms with E-state index in [-0.39, 0.29) is 22.3 Å². The molecule has 194 valence electrons. The van der Waals surface area contributed by atoms with Crippen molar-refractivity contribution in [3.05, 3.63) is 87.9 Å². The van der Waals surface area contributed by atoms with Gasteiger partial charge in [0.25, 0.3) is 11.8 Å². The minimum absolute atomic E-state index is 0.0174. The van der Waals surface area contributed by atoms with Crippen molar-refractivity contribution in [1.82, 2.24) is 5.32 Å². The molecular weight excluding hydrogens is 550 g/mol. The standard InChI is InChI=1S/C29H32BrN3O3S/c1-5-6-16-36-25-15-14-21(30)17-24(25)27(35)33-28(37)32-23-9-7-8-22(18-23)31-26(34)19-10-12-20(13-11-19)29(2,3)4/h7-15,17-18H,5-6,16H2,1-4H3,(H,31,34)(H2,32,33,35,37). The minimum atomic E-state index is -0.381. The van der Waals surface area contributed by atoms with Crippen molar-refractivity contribution in [2.24, 2.45) is 0 Å². The van der Waals surface area contributed by atoms with E-state index in [1.54, 1.807) is 36.4 Å². The van der Waals surface area contributed by atoms with Gasteiger partial charge in [0.05, 0.1) is 12.2 Å². The number of carbonyl (C=O) groups excluding carboxylic acids is 2. The lowest BCUT2D eigenvalue weighted by molar-refractivity contribution is 0.0972. The summed E-state index contributed by atoms with van der Waals surface area (Å²) >= 11 is 8.77. The fourth-order valence-corrected chi connectivity index (χ4v) is 4.04. The number of nitrogens with one attached hydrogen (secondary N) is 3. The molecule has 8 heteroatoms. The number of hydrogen-bond acceptors (Lipinski definition) is 4. The Kier molecular flexibility index (Phi) is 9.83. The molecule has 3 rings (SSSR count). The number of unbranched alkanes of at least 4 members (excludes halogenated alkanes) is 1. The lowest BCUT2D eigenvalue weighted by atomic mass is 9.87. The largest absolute Gasteiger partial charge is 0.493 e. The molecule has 0 aliphatic rings. The fourth-order valence-electron chi connectivity index (χ4n) is 3.46. The molecule has 6 nitrogen and oxygen atoms in total. The zero-order valence-electron chi connectivity index (χ0n) is 21.5. The summed E-state index contributed by atoms with van der Waals surface area (Å²) in [6, 6.07) is 20.0. The van der Waals surface area contributed by atoms with Crippen molar-refractivity contribution < 1.29 is 14.3 Å². The average molecular weight is 583 g/mol. The van der Waals surface area contributed by atoms with Crippen LogP contribution in [0.1, 0.15) is 66.8 Å². The highest BCUT2D eigenvalue weighted by Crippen LogP contribution is 2.25. The molecule has 0 radical (unpaired) electrons. The third-order valence-electron chi connectivity index (χ3n) is 5.56. The molecule has 0 atom stereocenters. The number of benzene rings is 3. The summed E-state index contributed by atoms with van der Waals surface area (Å²) in [6.07, 6.45) is 1.89. The van der Waals surface area contributed by atoms with Crippen LogP contribution in [-0.2, 0) is 5.41 Å². The van der Waals surface area contributed by atoms with Gasteiger partial charge in [-0.3, -0.25) is 14.9 Å². The molecule has 0 heterocycles. The summed E-state index contributed by atoms with van der Waals surface area (Å²) in [5.41, 5.74) is 3.35. The number of rotatable bonds is 8. The predicted molar refractivity (Wildman–Crippen MR) is 158 cm³/mol. The summed E-state index contributed by atoms with van der Waals surface area (Å²) in [5, 5.41) is 8.74. The Bertz CT molecular complexity index is 1270. The van der Waals surface area contributed by atoms with Gasteiger partial charge in [0.1, 0.15) is 5.75 Å². The van der Waals surface area contributed by atoms with E-state index < -0.39 is 0 Å². The fraction of sp³-hybridized carbons (Fsp3) is 0.276. The van der Waals surface area contributed by atoms with E-state index in [1.807, 2.05) is 30.3 Å². The maximum atomic E-state index is 12.9. The van der Waals surface area contributed by atoms with E-state index in [9.17, 15) is 9.59 Å². The monoisotopic (exact) mass is 581 g/mol. The van der Waals surface area contributed by atoms with Crippen LogP contribution in [0.2, 0.25) is 0 Å². The number of halogens is 1. The highest BCUT2D eigenvalue weighted by molar-refractivity contribution is 9.10. The molecule has 3 aromatic carbocycles. The van der Waals surface area contributed by atoms with Crippen molar-refractivity contribution in [2.75, 3.05) is 17.2 Å². The van der Waals surface area contributed by atoms with Crippen LogP contribution >= 0.6 is 28.1 Å². The first-order chi connectivity index (χ1) is 17.6. The molecule has 0 aliphatic carbocycles. The molecule has 0 spiro atoms. The molecule has 37 heavy (non-hydrogen) atoms. The molecule has 0 aliphatic heterocycles. The third-order valence-corrected chi connectivity index (χ3v) is 6.26. The first-order valence-electron chi connectivity index (χ1n) is 12.1. The Balaban J connectivity index is 1.63. The van der Waals surface area contributed by atoms with Crippen molar-refractivity contribution in [3.63, 3.8) is 0 Å². The average Bonchev–Trinajstić information content (AvgIpc) is 2.84. The number of ether oxygens (including phenoxy) is 1. The van der Waals surface area contributed by atoms with Gasteiger partial charge >= 0.3 is 0 Å². The molecule has 2 amide bonds. The van der Waals surface area contributed by atoms with Crippen LogP contribution in [0.5, 0.6) is 5.75 Å². The van der Waals surface area contributed by atoms with Crippen molar-refractivity contribution in [3.8, 4) is 5.75 Å². The van der Waals surface area contributed by atoms with Gasteiger partial charge in [-0.25, -0.2) is 0 Å². The first-order valence-corrected chi connectivity index (χ1v) is 13.3. The molecular formula is C29H32BrN3O3S. The first kappa shape index (κ1) is 28.3. The Morgan fingerprint density at radius 3 is 2.24 bits per heavy atom. The van der Waals surface area contributed by atoms with Crippen LogP contribution in [0.25, 0.3) is 0 Å². The predicted octanol–water partition coefficient (Wildman–Crippen LogP) is 7.30. The second kappa shape index (κ2) is 12.8. The number of anilines is 2.